The maximum atomic E-state index is 4.80. The lowest BCUT2D eigenvalue weighted by Gasteiger charge is -2.35. The molecule has 2 heterocycles. The molecule has 0 radical (unpaired) electrons. The van der Waals surface area contributed by atoms with E-state index >= 15 is 0 Å². The molecule has 2 atom stereocenters. The highest BCUT2D eigenvalue weighted by molar-refractivity contribution is 4.95. The van der Waals surface area contributed by atoms with E-state index in [9.17, 15) is 0 Å². The highest BCUT2D eigenvalue weighted by atomic mass is 16.5. The Balaban J connectivity index is 1.79. The monoisotopic (exact) mass is 209 g/mol. The number of hydrogen-bond donors (Lipinski definition) is 1. The largest absolute Gasteiger partial charge is 0.364 e. The Kier molecular flexibility index (Phi) is 3.38. The summed E-state index contributed by atoms with van der Waals surface area (Å²) in [6.45, 7) is 5.47. The van der Waals surface area contributed by atoms with Crippen molar-refractivity contribution in [3.8, 4) is 0 Å². The Morgan fingerprint density at radius 2 is 2.53 bits per heavy atom. The second-order valence-corrected chi connectivity index (χ2v) is 4.51. The summed E-state index contributed by atoms with van der Waals surface area (Å²) in [5.41, 5.74) is 0.987. The molecule has 1 aliphatic heterocycles. The van der Waals surface area contributed by atoms with E-state index in [0.717, 1.165) is 12.2 Å². The lowest BCUT2D eigenvalue weighted by molar-refractivity contribution is 0.173. The molecule has 4 nitrogen and oxygen atoms in total. The normalized spacial score (nSPS) is 28.1. The first-order valence-corrected chi connectivity index (χ1v) is 5.57. The van der Waals surface area contributed by atoms with E-state index < -0.39 is 0 Å². The molecule has 1 aromatic heterocycles. The molecule has 1 aliphatic rings. The van der Waals surface area contributed by atoms with Gasteiger partial charge in [0.15, 0.2) is 0 Å². The van der Waals surface area contributed by atoms with Gasteiger partial charge in [-0.15, -0.1) is 0 Å². The van der Waals surface area contributed by atoms with E-state index in [-0.39, 0.29) is 0 Å². The number of rotatable bonds is 3. The predicted octanol–water partition coefficient (Wildman–Crippen LogP) is 1.10. The van der Waals surface area contributed by atoms with Gasteiger partial charge in [-0.2, -0.15) is 0 Å². The van der Waals surface area contributed by atoms with Gasteiger partial charge in [0.05, 0.1) is 5.69 Å². The molecular weight excluding hydrogens is 190 g/mol. The fourth-order valence-corrected chi connectivity index (χ4v) is 2.22. The number of nitrogens with zero attached hydrogens (tertiary/aromatic N) is 2. The molecule has 2 unspecified atom stereocenters. The van der Waals surface area contributed by atoms with Crippen LogP contribution in [-0.4, -0.2) is 36.2 Å². The van der Waals surface area contributed by atoms with Crippen LogP contribution in [-0.2, 0) is 6.54 Å². The summed E-state index contributed by atoms with van der Waals surface area (Å²) < 4.78 is 4.80. The molecule has 1 saturated heterocycles. The lowest BCUT2D eigenvalue weighted by Crippen LogP contribution is -2.46. The zero-order valence-corrected chi connectivity index (χ0v) is 9.44. The van der Waals surface area contributed by atoms with Crippen molar-refractivity contribution in [1.82, 2.24) is 15.4 Å². The molecule has 15 heavy (non-hydrogen) atoms. The Hall–Kier alpha value is -0.870. The van der Waals surface area contributed by atoms with Crippen molar-refractivity contribution in [3.05, 3.63) is 18.0 Å². The SMILES string of the molecule is CC1CN(C)CCC1NCc1ccon1. The van der Waals surface area contributed by atoms with Crippen molar-refractivity contribution in [3.63, 3.8) is 0 Å². The van der Waals surface area contributed by atoms with Crippen LogP contribution in [0, 0.1) is 5.92 Å². The first-order chi connectivity index (χ1) is 7.25. The van der Waals surface area contributed by atoms with Crippen LogP contribution < -0.4 is 5.32 Å². The molecule has 0 aromatic carbocycles. The Bertz CT molecular complexity index is 286. The average molecular weight is 209 g/mol. The summed E-state index contributed by atoms with van der Waals surface area (Å²) in [5, 5.41) is 7.44. The van der Waals surface area contributed by atoms with Gasteiger partial charge < -0.3 is 14.7 Å². The summed E-state index contributed by atoms with van der Waals surface area (Å²) in [6.07, 6.45) is 2.84. The molecular formula is C11H19N3O. The molecule has 84 valence electrons. The molecule has 4 heteroatoms. The molecule has 1 aromatic rings. The van der Waals surface area contributed by atoms with Crippen LogP contribution in [0.2, 0.25) is 0 Å². The molecule has 1 fully saturated rings. The highest BCUT2D eigenvalue weighted by Gasteiger charge is 2.23. The lowest BCUT2D eigenvalue weighted by atomic mass is 9.94. The van der Waals surface area contributed by atoms with Crippen LogP contribution >= 0.6 is 0 Å². The minimum atomic E-state index is 0.609. The number of likely N-dealkylation sites (tertiary alicyclic amines) is 1. The van der Waals surface area contributed by atoms with Crippen molar-refractivity contribution < 1.29 is 4.52 Å². The molecule has 0 spiro atoms. The quantitative estimate of drug-likeness (QED) is 0.809. The minimum absolute atomic E-state index is 0.609. The summed E-state index contributed by atoms with van der Waals surface area (Å²) >= 11 is 0. The Labute approximate surface area is 90.6 Å². The average Bonchev–Trinajstić information content (AvgIpc) is 2.69. The first-order valence-electron chi connectivity index (χ1n) is 5.57. The fraction of sp³-hybridized carbons (Fsp3) is 0.727. The van der Waals surface area contributed by atoms with E-state index in [1.54, 1.807) is 6.26 Å². The van der Waals surface area contributed by atoms with Crippen molar-refractivity contribution in [2.24, 2.45) is 5.92 Å². The van der Waals surface area contributed by atoms with Gasteiger partial charge in [0, 0.05) is 25.2 Å². The summed E-state index contributed by atoms with van der Waals surface area (Å²) in [4.78, 5) is 2.39. The van der Waals surface area contributed by atoms with Crippen molar-refractivity contribution in [2.45, 2.75) is 25.9 Å². The first kappa shape index (κ1) is 10.6. The van der Waals surface area contributed by atoms with Gasteiger partial charge in [0.1, 0.15) is 6.26 Å². The summed E-state index contributed by atoms with van der Waals surface area (Å²) in [7, 11) is 2.18. The van der Waals surface area contributed by atoms with Gasteiger partial charge in [-0.25, -0.2) is 0 Å². The predicted molar refractivity (Wildman–Crippen MR) is 58.4 cm³/mol. The van der Waals surface area contributed by atoms with Gasteiger partial charge in [-0.1, -0.05) is 12.1 Å². The fourth-order valence-electron chi connectivity index (χ4n) is 2.22. The minimum Gasteiger partial charge on any atom is -0.364 e. The Morgan fingerprint density at radius 3 is 3.20 bits per heavy atom. The number of hydrogen-bond acceptors (Lipinski definition) is 4. The molecule has 1 N–H and O–H groups in total. The third-order valence-corrected chi connectivity index (χ3v) is 3.14. The van der Waals surface area contributed by atoms with Crippen molar-refractivity contribution in [1.29, 1.82) is 0 Å². The van der Waals surface area contributed by atoms with Crippen LogP contribution in [0.25, 0.3) is 0 Å². The summed E-state index contributed by atoms with van der Waals surface area (Å²) in [6, 6.07) is 2.52. The van der Waals surface area contributed by atoms with E-state index in [2.05, 4.69) is 29.3 Å². The maximum absolute atomic E-state index is 4.80. The molecule has 0 saturated carbocycles. The van der Waals surface area contributed by atoms with Crippen LogP contribution in [0.1, 0.15) is 19.0 Å². The molecule has 2 rings (SSSR count). The van der Waals surface area contributed by atoms with E-state index in [1.807, 2.05) is 6.07 Å². The van der Waals surface area contributed by atoms with Crippen LogP contribution in [0.3, 0.4) is 0 Å². The Morgan fingerprint density at radius 1 is 1.67 bits per heavy atom. The van der Waals surface area contributed by atoms with Gasteiger partial charge in [0.25, 0.3) is 0 Å². The smallest absolute Gasteiger partial charge is 0.124 e. The standard InChI is InChI=1S/C11H19N3O/c1-9-8-14(2)5-3-11(9)12-7-10-4-6-15-13-10/h4,6,9,11-12H,3,5,7-8H2,1-2H3. The van der Waals surface area contributed by atoms with E-state index in [4.69, 9.17) is 4.52 Å². The van der Waals surface area contributed by atoms with Gasteiger partial charge in [-0.3, -0.25) is 0 Å². The third-order valence-electron chi connectivity index (χ3n) is 3.14. The number of aromatic nitrogens is 1. The van der Waals surface area contributed by atoms with Crippen LogP contribution in [0.15, 0.2) is 16.9 Å². The molecule has 0 bridgehead atoms. The number of piperidine rings is 1. The van der Waals surface area contributed by atoms with Crippen LogP contribution in [0.5, 0.6) is 0 Å². The van der Waals surface area contributed by atoms with Crippen LogP contribution in [0.4, 0.5) is 0 Å². The van der Waals surface area contributed by atoms with Gasteiger partial charge >= 0.3 is 0 Å². The highest BCUT2D eigenvalue weighted by Crippen LogP contribution is 2.15. The van der Waals surface area contributed by atoms with E-state index in [0.29, 0.717) is 12.0 Å². The molecule has 0 amide bonds. The van der Waals surface area contributed by atoms with Gasteiger partial charge in [0.2, 0.25) is 0 Å². The summed E-state index contributed by atoms with van der Waals surface area (Å²) in [5.74, 6) is 0.704. The van der Waals surface area contributed by atoms with E-state index in [1.165, 1.54) is 19.5 Å². The molecule has 0 aliphatic carbocycles. The van der Waals surface area contributed by atoms with Crippen molar-refractivity contribution in [2.75, 3.05) is 20.1 Å². The maximum Gasteiger partial charge on any atom is 0.124 e. The topological polar surface area (TPSA) is 41.3 Å². The van der Waals surface area contributed by atoms with Gasteiger partial charge in [-0.05, 0) is 25.9 Å². The zero-order valence-electron chi connectivity index (χ0n) is 9.44. The second kappa shape index (κ2) is 4.77. The zero-order chi connectivity index (χ0) is 10.7. The number of nitrogens with one attached hydrogen (secondary N) is 1. The third kappa shape index (κ3) is 2.79. The second-order valence-electron chi connectivity index (χ2n) is 4.51. The van der Waals surface area contributed by atoms with Crippen molar-refractivity contribution >= 4 is 0 Å².